The van der Waals surface area contributed by atoms with E-state index in [-0.39, 0.29) is 11.4 Å². The van der Waals surface area contributed by atoms with Crippen molar-refractivity contribution in [1.29, 1.82) is 0 Å². The Hall–Kier alpha value is -4.02. The van der Waals surface area contributed by atoms with E-state index in [1.807, 2.05) is 6.92 Å². The molecule has 0 atom stereocenters. The predicted octanol–water partition coefficient (Wildman–Crippen LogP) is 2.19. The lowest BCUT2D eigenvalue weighted by Crippen LogP contribution is -2.34. The molecule has 0 spiro atoms. The second-order valence-corrected chi connectivity index (χ2v) is 7.02. The first-order valence-electron chi connectivity index (χ1n) is 10.7. The second kappa shape index (κ2) is 12.3. The van der Waals surface area contributed by atoms with Crippen molar-refractivity contribution in [1.82, 2.24) is 10.9 Å². The van der Waals surface area contributed by atoms with Gasteiger partial charge in [0.1, 0.15) is 11.5 Å². The average molecular weight is 466 g/mol. The third kappa shape index (κ3) is 6.50. The van der Waals surface area contributed by atoms with Crippen molar-refractivity contribution >= 4 is 29.2 Å². The maximum atomic E-state index is 12.9. The van der Waals surface area contributed by atoms with Gasteiger partial charge in [0.2, 0.25) is 0 Å². The lowest BCUT2D eigenvalue weighted by atomic mass is 10.2. The lowest BCUT2D eigenvalue weighted by Gasteiger charge is -2.16. The summed E-state index contributed by atoms with van der Waals surface area (Å²) >= 11 is 0. The zero-order valence-electron chi connectivity index (χ0n) is 18.9. The van der Waals surface area contributed by atoms with Crippen LogP contribution in [0.4, 0.5) is 5.69 Å². The number of methoxy groups -OCH3 is 1. The van der Waals surface area contributed by atoms with Crippen molar-refractivity contribution < 1.29 is 28.7 Å². The molecule has 0 bridgehead atoms. The van der Waals surface area contributed by atoms with Crippen LogP contribution < -0.4 is 20.7 Å². The predicted molar refractivity (Wildman–Crippen MR) is 125 cm³/mol. The van der Waals surface area contributed by atoms with E-state index < -0.39 is 17.8 Å². The van der Waals surface area contributed by atoms with Crippen molar-refractivity contribution in [2.45, 2.75) is 13.3 Å². The molecule has 178 valence electrons. The van der Waals surface area contributed by atoms with Crippen LogP contribution in [-0.4, -0.2) is 50.4 Å². The van der Waals surface area contributed by atoms with E-state index in [1.165, 1.54) is 11.1 Å². The van der Waals surface area contributed by atoms with Crippen LogP contribution in [0.25, 0.3) is 0 Å². The van der Waals surface area contributed by atoms with Crippen LogP contribution in [0.2, 0.25) is 0 Å². The smallest absolute Gasteiger partial charge is 0.376 e. The minimum atomic E-state index is -0.736. The molecule has 0 unspecified atom stereocenters. The number of nitrogens with one attached hydrogen (secondary N) is 2. The molecule has 1 fully saturated rings. The molecule has 34 heavy (non-hydrogen) atoms. The molecule has 10 nitrogen and oxygen atoms in total. The molecule has 1 aliphatic heterocycles. The number of rotatable bonds is 10. The van der Waals surface area contributed by atoms with E-state index in [0.29, 0.717) is 43.2 Å². The van der Waals surface area contributed by atoms with Crippen LogP contribution >= 0.6 is 0 Å². The Morgan fingerprint density at radius 1 is 1.15 bits per heavy atom. The zero-order valence-corrected chi connectivity index (χ0v) is 18.9. The van der Waals surface area contributed by atoms with Gasteiger partial charge in [-0.1, -0.05) is 23.8 Å². The highest BCUT2D eigenvalue weighted by Gasteiger charge is 2.30. The quantitative estimate of drug-likeness (QED) is 0.311. The van der Waals surface area contributed by atoms with Gasteiger partial charge in [-0.3, -0.25) is 9.59 Å². The van der Waals surface area contributed by atoms with Gasteiger partial charge in [-0.15, -0.1) is 0 Å². The monoisotopic (exact) mass is 466 g/mol. The van der Waals surface area contributed by atoms with Crippen molar-refractivity contribution in [2.75, 3.05) is 31.9 Å². The van der Waals surface area contributed by atoms with E-state index in [4.69, 9.17) is 14.3 Å². The summed E-state index contributed by atoms with van der Waals surface area (Å²) in [6.07, 6.45) is 1.79. The molecule has 2 N–H and O–H groups in total. The third-order valence-electron chi connectivity index (χ3n) is 4.71. The fourth-order valence-corrected chi connectivity index (χ4v) is 2.97. The maximum Gasteiger partial charge on any atom is 0.376 e. The van der Waals surface area contributed by atoms with Crippen LogP contribution in [0.15, 0.2) is 71.4 Å². The highest BCUT2D eigenvalue weighted by Crippen LogP contribution is 2.24. The van der Waals surface area contributed by atoms with Gasteiger partial charge in [0.25, 0.3) is 11.8 Å². The summed E-state index contributed by atoms with van der Waals surface area (Å²) in [5.74, 6) is -1.34. The number of hydrogen-bond donors (Lipinski definition) is 2. The zero-order chi connectivity index (χ0) is 24.3. The fourth-order valence-electron chi connectivity index (χ4n) is 2.97. The molecule has 1 saturated heterocycles. The minimum Gasteiger partial charge on any atom is -0.497 e. The van der Waals surface area contributed by atoms with Gasteiger partial charge >= 0.3 is 5.97 Å². The van der Waals surface area contributed by atoms with Crippen molar-refractivity contribution in [3.05, 3.63) is 71.9 Å². The van der Waals surface area contributed by atoms with E-state index in [0.717, 1.165) is 0 Å². The van der Waals surface area contributed by atoms with Crippen LogP contribution in [0.1, 0.15) is 23.7 Å². The number of aliphatic imine (C=N–C) groups is 1. The van der Waals surface area contributed by atoms with E-state index >= 15 is 0 Å². The SMILES string of the molecule is CCOCCCNC(=O)C(/C=C1\C(=O)ONN1c1ccc(OC)cc1)=NC(=O)c1ccccc1. The number of hydrogen-bond acceptors (Lipinski definition) is 8. The average Bonchev–Trinajstić information content (AvgIpc) is 3.23. The topological polar surface area (TPSA) is 119 Å². The maximum absolute atomic E-state index is 12.9. The van der Waals surface area contributed by atoms with Gasteiger partial charge in [-0.05, 0) is 49.7 Å². The Balaban J connectivity index is 1.89. The minimum absolute atomic E-state index is 0.0192. The number of carbonyl (C=O) groups is 3. The van der Waals surface area contributed by atoms with Gasteiger partial charge in [0.05, 0.1) is 12.8 Å². The first-order chi connectivity index (χ1) is 16.5. The third-order valence-corrected chi connectivity index (χ3v) is 4.71. The summed E-state index contributed by atoms with van der Waals surface area (Å²) in [5.41, 5.74) is 3.09. The first kappa shape index (κ1) is 24.6. The molecule has 0 saturated carbocycles. The molecule has 0 radical (unpaired) electrons. The molecule has 0 aromatic heterocycles. The number of ether oxygens (including phenoxy) is 2. The molecular formula is C24H26N4O6. The molecule has 2 aromatic carbocycles. The Labute approximate surface area is 197 Å². The Morgan fingerprint density at radius 3 is 2.56 bits per heavy atom. The highest BCUT2D eigenvalue weighted by atomic mass is 16.7. The molecule has 2 amide bonds. The Kier molecular flexibility index (Phi) is 8.89. The molecule has 10 heteroatoms. The van der Waals surface area contributed by atoms with Crippen molar-refractivity contribution in [2.24, 2.45) is 4.99 Å². The van der Waals surface area contributed by atoms with Crippen LogP contribution in [0, 0.1) is 0 Å². The summed E-state index contributed by atoms with van der Waals surface area (Å²) < 4.78 is 10.4. The van der Waals surface area contributed by atoms with Crippen LogP contribution in [0.5, 0.6) is 5.75 Å². The number of anilines is 1. The largest absolute Gasteiger partial charge is 0.497 e. The number of nitrogens with zero attached hydrogens (tertiary/aromatic N) is 2. The number of amides is 2. The summed E-state index contributed by atoms with van der Waals surface area (Å²) in [6, 6.07) is 15.1. The lowest BCUT2D eigenvalue weighted by molar-refractivity contribution is -0.140. The summed E-state index contributed by atoms with van der Waals surface area (Å²) in [6.45, 7) is 3.25. The standard InChI is InChI=1S/C24H26N4O6/c1-3-33-15-7-14-25-23(30)20(26-22(29)17-8-5-4-6-9-17)16-21-24(31)34-27-28(21)18-10-12-19(32-2)13-11-18/h4-6,8-13,16,27H,3,7,14-15H2,1-2H3,(H,25,30)/b21-16+,26-20?. The van der Waals surface area contributed by atoms with E-state index in [1.54, 1.807) is 61.7 Å². The number of carbonyl (C=O) groups excluding carboxylic acids is 3. The van der Waals surface area contributed by atoms with Crippen LogP contribution in [0.3, 0.4) is 0 Å². The van der Waals surface area contributed by atoms with Gasteiger partial charge in [0.15, 0.2) is 5.70 Å². The molecule has 2 aromatic rings. The molecule has 1 aliphatic rings. The summed E-state index contributed by atoms with van der Waals surface area (Å²) in [5, 5.41) is 4.04. The van der Waals surface area contributed by atoms with E-state index in [2.05, 4.69) is 15.9 Å². The summed E-state index contributed by atoms with van der Waals surface area (Å²) in [4.78, 5) is 46.9. The van der Waals surface area contributed by atoms with Crippen molar-refractivity contribution in [3.8, 4) is 5.75 Å². The first-order valence-corrected chi connectivity index (χ1v) is 10.7. The van der Waals surface area contributed by atoms with Crippen molar-refractivity contribution in [3.63, 3.8) is 0 Å². The molecule has 1 heterocycles. The molecule has 3 rings (SSSR count). The molecule has 0 aliphatic carbocycles. The van der Waals surface area contributed by atoms with Crippen LogP contribution in [-0.2, 0) is 19.2 Å². The second-order valence-electron chi connectivity index (χ2n) is 7.02. The molecular weight excluding hydrogens is 440 g/mol. The fraction of sp³-hybridized carbons (Fsp3) is 0.250. The van der Waals surface area contributed by atoms with E-state index in [9.17, 15) is 14.4 Å². The van der Waals surface area contributed by atoms with Gasteiger partial charge in [-0.25, -0.2) is 14.8 Å². The number of benzene rings is 2. The van der Waals surface area contributed by atoms with Gasteiger partial charge in [-0.2, -0.15) is 0 Å². The summed E-state index contributed by atoms with van der Waals surface area (Å²) in [7, 11) is 1.54. The van der Waals surface area contributed by atoms with Gasteiger partial charge < -0.3 is 19.6 Å². The Morgan fingerprint density at radius 2 is 1.88 bits per heavy atom. The highest BCUT2D eigenvalue weighted by molar-refractivity contribution is 6.45. The normalized spacial score (nSPS) is 14.8. The van der Waals surface area contributed by atoms with Gasteiger partial charge in [0, 0.05) is 31.4 Å². The number of hydrazine groups is 1. The Bertz CT molecular complexity index is 1070.